The number of hydrogen-bond acceptors (Lipinski definition) is 7. The van der Waals surface area contributed by atoms with Crippen LogP contribution in [-0.4, -0.2) is 62.5 Å². The lowest BCUT2D eigenvalue weighted by Gasteiger charge is -2.26. The molecule has 0 radical (unpaired) electrons. The van der Waals surface area contributed by atoms with Crippen LogP contribution in [0.3, 0.4) is 0 Å². The van der Waals surface area contributed by atoms with Gasteiger partial charge in [-0.1, -0.05) is 35.4 Å². The molecule has 4 atom stereocenters. The number of benzene rings is 1. The average Bonchev–Trinajstić information content (AvgIpc) is 3.43. The van der Waals surface area contributed by atoms with E-state index in [9.17, 15) is 10.2 Å². The van der Waals surface area contributed by atoms with Gasteiger partial charge in [0.05, 0.1) is 12.0 Å². The molecule has 32 heavy (non-hydrogen) atoms. The van der Waals surface area contributed by atoms with E-state index >= 15 is 0 Å². The van der Waals surface area contributed by atoms with Crippen molar-refractivity contribution in [2.45, 2.75) is 57.4 Å². The minimum atomic E-state index is -0.797. The van der Waals surface area contributed by atoms with E-state index in [1.165, 1.54) is 6.33 Å². The molecule has 2 fully saturated rings. The number of aliphatic hydroxyl groups is 2. The highest BCUT2D eigenvalue weighted by Crippen LogP contribution is 2.40. The van der Waals surface area contributed by atoms with Crippen molar-refractivity contribution in [3.05, 3.63) is 58.6 Å². The van der Waals surface area contributed by atoms with Crippen molar-refractivity contribution < 1.29 is 24.4 Å². The molecule has 2 aliphatic rings. The molecule has 0 aliphatic carbocycles. The zero-order valence-electron chi connectivity index (χ0n) is 18.3. The first kappa shape index (κ1) is 23.1. The molecule has 3 N–H and O–H groups in total. The molecule has 4 heterocycles. The fraction of sp³-hybridized carbons (Fsp3) is 0.478. The molecule has 0 amide bonds. The standard InChI is InChI=1S/C17H24O5.C6H4ClN3/c1-10-4-5-12(11(8-10)6-7-18)14(19)16-15-13(9-20-16)21-17(2,3)22-15;7-5-4-1-2-8-6(4)10-3-9-5/h4-5,8,13-16,18-19H,6-7,9H2,1-3H3;1-3H,(H,8,9,10). The Bertz CT molecular complexity index is 1070. The first-order valence-electron chi connectivity index (χ1n) is 10.6. The van der Waals surface area contributed by atoms with Crippen LogP contribution >= 0.6 is 11.6 Å². The van der Waals surface area contributed by atoms with E-state index in [0.29, 0.717) is 18.2 Å². The molecule has 0 bridgehead atoms. The molecule has 2 aliphatic heterocycles. The van der Waals surface area contributed by atoms with Gasteiger partial charge in [0, 0.05) is 12.8 Å². The monoisotopic (exact) mass is 461 g/mol. The molecule has 5 rings (SSSR count). The van der Waals surface area contributed by atoms with Crippen LogP contribution in [-0.2, 0) is 20.6 Å². The Labute approximate surface area is 191 Å². The fourth-order valence-corrected chi connectivity index (χ4v) is 4.42. The Hall–Kier alpha value is -2.07. The van der Waals surface area contributed by atoms with Crippen LogP contribution in [0, 0.1) is 6.92 Å². The normalized spacial score (nSPS) is 24.8. The van der Waals surface area contributed by atoms with Gasteiger partial charge in [0.25, 0.3) is 0 Å². The number of H-pyrrole nitrogens is 1. The summed E-state index contributed by atoms with van der Waals surface area (Å²) in [6.45, 7) is 6.22. The highest BCUT2D eigenvalue weighted by molar-refractivity contribution is 6.33. The largest absolute Gasteiger partial charge is 0.396 e. The number of aromatic amines is 1. The molecule has 9 heteroatoms. The molecular formula is C23H28ClN3O5. The maximum Gasteiger partial charge on any atom is 0.164 e. The third-order valence-electron chi connectivity index (χ3n) is 5.61. The maximum atomic E-state index is 10.8. The quantitative estimate of drug-likeness (QED) is 0.512. The van der Waals surface area contributed by atoms with Gasteiger partial charge in [0.1, 0.15) is 41.5 Å². The van der Waals surface area contributed by atoms with Crippen LogP contribution in [0.25, 0.3) is 11.0 Å². The molecule has 1 aromatic carbocycles. The van der Waals surface area contributed by atoms with E-state index in [-0.39, 0.29) is 18.8 Å². The SMILES string of the molecule is Cc1ccc(C(O)C2OCC3OC(C)(C)OC32)c(CCO)c1.Clc1ncnc2[nH]ccc12. The minimum Gasteiger partial charge on any atom is -0.396 e. The summed E-state index contributed by atoms with van der Waals surface area (Å²) in [5, 5.41) is 21.4. The third-order valence-corrected chi connectivity index (χ3v) is 5.91. The van der Waals surface area contributed by atoms with Gasteiger partial charge in [-0.25, -0.2) is 9.97 Å². The molecule has 0 saturated carbocycles. The van der Waals surface area contributed by atoms with Gasteiger partial charge in [0.2, 0.25) is 0 Å². The Kier molecular flexibility index (Phi) is 6.80. The van der Waals surface area contributed by atoms with Gasteiger partial charge in [-0.2, -0.15) is 0 Å². The molecule has 2 saturated heterocycles. The first-order valence-corrected chi connectivity index (χ1v) is 11.0. The van der Waals surface area contributed by atoms with Crippen molar-refractivity contribution >= 4 is 22.6 Å². The number of aliphatic hydroxyl groups excluding tert-OH is 2. The number of ether oxygens (including phenoxy) is 3. The van der Waals surface area contributed by atoms with E-state index in [0.717, 1.165) is 27.7 Å². The van der Waals surface area contributed by atoms with Crippen LogP contribution < -0.4 is 0 Å². The molecule has 8 nitrogen and oxygen atoms in total. The summed E-state index contributed by atoms with van der Waals surface area (Å²) >= 11 is 5.73. The fourth-order valence-electron chi connectivity index (χ4n) is 4.22. The van der Waals surface area contributed by atoms with Gasteiger partial charge in [-0.15, -0.1) is 0 Å². The highest BCUT2D eigenvalue weighted by Gasteiger charge is 2.52. The van der Waals surface area contributed by atoms with Crippen LogP contribution in [0.15, 0.2) is 36.8 Å². The van der Waals surface area contributed by atoms with Crippen molar-refractivity contribution in [1.29, 1.82) is 0 Å². The summed E-state index contributed by atoms with van der Waals surface area (Å²) in [6, 6.07) is 7.71. The Morgan fingerprint density at radius 1 is 1.25 bits per heavy atom. The number of aromatic nitrogens is 3. The minimum absolute atomic E-state index is 0.0490. The van der Waals surface area contributed by atoms with Gasteiger partial charge < -0.3 is 29.4 Å². The number of rotatable bonds is 4. The summed E-state index contributed by atoms with van der Waals surface area (Å²) in [7, 11) is 0. The molecule has 2 aromatic heterocycles. The lowest BCUT2D eigenvalue weighted by molar-refractivity contribution is -0.184. The van der Waals surface area contributed by atoms with E-state index in [1.54, 1.807) is 6.20 Å². The van der Waals surface area contributed by atoms with Crippen molar-refractivity contribution in [2.75, 3.05) is 13.2 Å². The number of aryl methyl sites for hydroxylation is 1. The van der Waals surface area contributed by atoms with Crippen LogP contribution in [0.1, 0.15) is 36.6 Å². The van der Waals surface area contributed by atoms with Gasteiger partial charge in [0.15, 0.2) is 5.79 Å². The molecule has 172 valence electrons. The van der Waals surface area contributed by atoms with Crippen molar-refractivity contribution in [2.24, 2.45) is 0 Å². The zero-order valence-corrected chi connectivity index (χ0v) is 19.0. The number of nitrogens with one attached hydrogen (secondary N) is 1. The molecule has 0 spiro atoms. The van der Waals surface area contributed by atoms with Gasteiger partial charge >= 0.3 is 0 Å². The van der Waals surface area contributed by atoms with Crippen molar-refractivity contribution in [3.63, 3.8) is 0 Å². The lowest BCUT2D eigenvalue weighted by Crippen LogP contribution is -2.34. The summed E-state index contributed by atoms with van der Waals surface area (Å²) in [5.74, 6) is -0.641. The molecule has 3 aromatic rings. The Morgan fingerprint density at radius 2 is 2.06 bits per heavy atom. The van der Waals surface area contributed by atoms with E-state index in [2.05, 4.69) is 15.0 Å². The number of nitrogens with zero attached hydrogens (tertiary/aromatic N) is 2. The van der Waals surface area contributed by atoms with E-state index in [4.69, 9.17) is 25.8 Å². The first-order chi connectivity index (χ1) is 15.3. The van der Waals surface area contributed by atoms with Crippen LogP contribution in [0.5, 0.6) is 0 Å². The van der Waals surface area contributed by atoms with E-state index < -0.39 is 18.0 Å². The van der Waals surface area contributed by atoms with E-state index in [1.807, 2.05) is 45.0 Å². The van der Waals surface area contributed by atoms with Crippen LogP contribution in [0.4, 0.5) is 0 Å². The topological polar surface area (TPSA) is 110 Å². The predicted molar refractivity (Wildman–Crippen MR) is 119 cm³/mol. The third kappa shape index (κ3) is 4.80. The second-order valence-electron chi connectivity index (χ2n) is 8.46. The summed E-state index contributed by atoms with van der Waals surface area (Å²) < 4.78 is 17.4. The predicted octanol–water partition coefficient (Wildman–Crippen LogP) is 3.09. The average molecular weight is 462 g/mol. The Balaban J connectivity index is 0.000000203. The van der Waals surface area contributed by atoms with Crippen LogP contribution in [0.2, 0.25) is 5.15 Å². The zero-order chi connectivity index (χ0) is 22.9. The maximum absolute atomic E-state index is 10.8. The number of fused-ring (bicyclic) bond motifs is 2. The van der Waals surface area contributed by atoms with Gasteiger partial charge in [-0.05, 0) is 44.4 Å². The number of halogens is 1. The number of hydrogen-bond donors (Lipinski definition) is 3. The summed E-state index contributed by atoms with van der Waals surface area (Å²) in [5.41, 5.74) is 3.62. The van der Waals surface area contributed by atoms with Gasteiger partial charge in [-0.3, -0.25) is 0 Å². The molecule has 4 unspecified atom stereocenters. The second kappa shape index (κ2) is 9.43. The lowest BCUT2D eigenvalue weighted by atomic mass is 9.93. The summed E-state index contributed by atoms with van der Waals surface area (Å²) in [6.07, 6.45) is 2.07. The molecular weight excluding hydrogens is 434 g/mol. The van der Waals surface area contributed by atoms with Crippen molar-refractivity contribution in [3.8, 4) is 0 Å². The smallest absolute Gasteiger partial charge is 0.164 e. The van der Waals surface area contributed by atoms with Crippen molar-refractivity contribution in [1.82, 2.24) is 15.0 Å². The Morgan fingerprint density at radius 3 is 2.81 bits per heavy atom. The summed E-state index contributed by atoms with van der Waals surface area (Å²) in [4.78, 5) is 10.7. The highest BCUT2D eigenvalue weighted by atomic mass is 35.5. The second-order valence-corrected chi connectivity index (χ2v) is 8.82.